The number of aliphatic hydroxyl groups is 3. The van der Waals surface area contributed by atoms with E-state index < -0.39 is 18.2 Å². The standard InChI is InChI=1S/C15H31NO4/c1-2-3-4-5-6-7-8-9-20-13-10-16-12(11-17)14(18)15(13)19/h12-19H,2-11H2,1H3/t12?,13-,14-,15+/m0/s1. The molecular formula is C15H31NO4. The second kappa shape index (κ2) is 10.5. The van der Waals surface area contributed by atoms with Gasteiger partial charge in [-0.05, 0) is 6.42 Å². The van der Waals surface area contributed by atoms with Crippen molar-refractivity contribution in [3.8, 4) is 0 Å². The van der Waals surface area contributed by atoms with E-state index in [0.717, 1.165) is 12.8 Å². The summed E-state index contributed by atoms with van der Waals surface area (Å²) < 4.78 is 5.63. The summed E-state index contributed by atoms with van der Waals surface area (Å²) in [6.45, 7) is 3.13. The van der Waals surface area contributed by atoms with Gasteiger partial charge in [-0.1, -0.05) is 45.4 Å². The number of hydrogen-bond acceptors (Lipinski definition) is 5. The normalized spacial score (nSPS) is 30.6. The van der Waals surface area contributed by atoms with Crippen LogP contribution < -0.4 is 5.32 Å². The zero-order valence-electron chi connectivity index (χ0n) is 12.6. The molecular weight excluding hydrogens is 258 g/mol. The van der Waals surface area contributed by atoms with Crippen LogP contribution >= 0.6 is 0 Å². The molecule has 0 bridgehead atoms. The average molecular weight is 289 g/mol. The van der Waals surface area contributed by atoms with E-state index in [0.29, 0.717) is 13.2 Å². The molecule has 5 heteroatoms. The Bertz CT molecular complexity index is 240. The van der Waals surface area contributed by atoms with E-state index in [-0.39, 0.29) is 12.7 Å². The predicted molar refractivity (Wildman–Crippen MR) is 78.6 cm³/mol. The largest absolute Gasteiger partial charge is 0.395 e. The number of ether oxygens (including phenoxy) is 1. The molecule has 0 aromatic heterocycles. The van der Waals surface area contributed by atoms with Crippen LogP contribution in [-0.2, 0) is 4.74 Å². The summed E-state index contributed by atoms with van der Waals surface area (Å²) in [4.78, 5) is 0. The van der Waals surface area contributed by atoms with Crippen molar-refractivity contribution < 1.29 is 20.1 Å². The van der Waals surface area contributed by atoms with Crippen molar-refractivity contribution in [2.45, 2.75) is 76.2 Å². The fraction of sp³-hybridized carbons (Fsp3) is 1.00. The van der Waals surface area contributed by atoms with Crippen molar-refractivity contribution in [2.24, 2.45) is 0 Å². The lowest BCUT2D eigenvalue weighted by Gasteiger charge is -2.37. The van der Waals surface area contributed by atoms with E-state index >= 15 is 0 Å². The molecule has 0 aromatic carbocycles. The van der Waals surface area contributed by atoms with Gasteiger partial charge >= 0.3 is 0 Å². The lowest BCUT2D eigenvalue weighted by molar-refractivity contribution is -0.124. The minimum Gasteiger partial charge on any atom is -0.395 e. The van der Waals surface area contributed by atoms with Gasteiger partial charge in [0.25, 0.3) is 0 Å². The second-order valence-corrected chi connectivity index (χ2v) is 5.71. The van der Waals surface area contributed by atoms with Gasteiger partial charge in [-0.2, -0.15) is 0 Å². The van der Waals surface area contributed by atoms with Crippen LogP contribution in [0, 0.1) is 0 Å². The van der Waals surface area contributed by atoms with Crippen molar-refractivity contribution in [3.63, 3.8) is 0 Å². The van der Waals surface area contributed by atoms with Crippen LogP contribution in [0.25, 0.3) is 0 Å². The molecule has 120 valence electrons. The smallest absolute Gasteiger partial charge is 0.109 e. The lowest BCUT2D eigenvalue weighted by Crippen LogP contribution is -2.61. The molecule has 1 saturated heterocycles. The van der Waals surface area contributed by atoms with Gasteiger partial charge in [-0.3, -0.25) is 0 Å². The van der Waals surface area contributed by atoms with Crippen LogP contribution in [0.1, 0.15) is 51.9 Å². The van der Waals surface area contributed by atoms with Gasteiger partial charge < -0.3 is 25.4 Å². The summed E-state index contributed by atoms with van der Waals surface area (Å²) in [7, 11) is 0. The summed E-state index contributed by atoms with van der Waals surface area (Å²) in [6.07, 6.45) is 6.32. The highest BCUT2D eigenvalue weighted by Gasteiger charge is 2.37. The van der Waals surface area contributed by atoms with E-state index in [1.807, 2.05) is 0 Å². The SMILES string of the molecule is CCCCCCCCCO[C@H]1CNC(CO)[C@H](O)[C@@H]1O. The molecule has 1 heterocycles. The molecule has 1 aliphatic rings. The fourth-order valence-corrected chi connectivity index (χ4v) is 2.59. The van der Waals surface area contributed by atoms with E-state index in [4.69, 9.17) is 9.84 Å². The van der Waals surface area contributed by atoms with E-state index in [9.17, 15) is 10.2 Å². The maximum Gasteiger partial charge on any atom is 0.109 e. The Balaban J connectivity index is 2.04. The first-order valence-electron chi connectivity index (χ1n) is 8.02. The topological polar surface area (TPSA) is 82.0 Å². The Hall–Kier alpha value is -0.200. The van der Waals surface area contributed by atoms with Crippen molar-refractivity contribution >= 4 is 0 Å². The minimum absolute atomic E-state index is 0.178. The summed E-state index contributed by atoms with van der Waals surface area (Å²) in [5.74, 6) is 0. The van der Waals surface area contributed by atoms with Gasteiger partial charge in [0.15, 0.2) is 0 Å². The zero-order valence-corrected chi connectivity index (χ0v) is 12.6. The monoisotopic (exact) mass is 289 g/mol. The van der Waals surface area contributed by atoms with Crippen LogP contribution in [-0.4, -0.2) is 59.4 Å². The fourth-order valence-electron chi connectivity index (χ4n) is 2.59. The summed E-state index contributed by atoms with van der Waals surface area (Å²) in [5.41, 5.74) is 0. The number of hydrogen-bond donors (Lipinski definition) is 4. The summed E-state index contributed by atoms with van der Waals surface area (Å²) >= 11 is 0. The molecule has 1 rings (SSSR count). The van der Waals surface area contributed by atoms with Crippen molar-refractivity contribution in [3.05, 3.63) is 0 Å². The Morgan fingerprint density at radius 1 is 1.00 bits per heavy atom. The molecule has 1 unspecified atom stereocenters. The first kappa shape index (κ1) is 17.9. The highest BCUT2D eigenvalue weighted by molar-refractivity contribution is 4.92. The van der Waals surface area contributed by atoms with Crippen LogP contribution in [0.15, 0.2) is 0 Å². The molecule has 5 nitrogen and oxygen atoms in total. The Labute approximate surface area is 122 Å². The number of aliphatic hydroxyl groups excluding tert-OH is 3. The third-order valence-electron chi connectivity index (χ3n) is 4.00. The maximum atomic E-state index is 9.91. The number of nitrogens with one attached hydrogen (secondary N) is 1. The van der Waals surface area contributed by atoms with Gasteiger partial charge in [-0.25, -0.2) is 0 Å². The molecule has 0 aromatic rings. The molecule has 1 aliphatic heterocycles. The number of unbranched alkanes of at least 4 members (excludes halogenated alkanes) is 6. The highest BCUT2D eigenvalue weighted by atomic mass is 16.5. The molecule has 20 heavy (non-hydrogen) atoms. The van der Waals surface area contributed by atoms with Crippen LogP contribution in [0.4, 0.5) is 0 Å². The van der Waals surface area contributed by atoms with Crippen LogP contribution in [0.3, 0.4) is 0 Å². The average Bonchev–Trinajstić information content (AvgIpc) is 2.46. The van der Waals surface area contributed by atoms with Crippen LogP contribution in [0.2, 0.25) is 0 Å². The molecule has 1 fully saturated rings. The van der Waals surface area contributed by atoms with Gasteiger partial charge in [0.1, 0.15) is 6.10 Å². The number of piperidine rings is 1. The van der Waals surface area contributed by atoms with Gasteiger partial charge in [0.05, 0.1) is 24.9 Å². The van der Waals surface area contributed by atoms with Gasteiger partial charge in [0, 0.05) is 13.2 Å². The Kier molecular flexibility index (Phi) is 9.39. The van der Waals surface area contributed by atoms with E-state index in [1.54, 1.807) is 0 Å². The molecule has 0 saturated carbocycles. The predicted octanol–water partition coefficient (Wildman–Crippen LogP) is 0.808. The minimum atomic E-state index is -0.965. The lowest BCUT2D eigenvalue weighted by atomic mass is 9.96. The van der Waals surface area contributed by atoms with E-state index in [2.05, 4.69) is 12.2 Å². The van der Waals surface area contributed by atoms with Crippen molar-refractivity contribution in [1.29, 1.82) is 0 Å². The van der Waals surface area contributed by atoms with Gasteiger partial charge in [-0.15, -0.1) is 0 Å². The summed E-state index contributed by atoms with van der Waals surface area (Å²) in [5, 5.41) is 31.7. The third kappa shape index (κ3) is 6.06. The number of rotatable bonds is 10. The second-order valence-electron chi connectivity index (χ2n) is 5.71. The molecule has 0 spiro atoms. The van der Waals surface area contributed by atoms with Crippen molar-refractivity contribution in [2.75, 3.05) is 19.8 Å². The van der Waals surface area contributed by atoms with Crippen LogP contribution in [0.5, 0.6) is 0 Å². The summed E-state index contributed by atoms with van der Waals surface area (Å²) in [6, 6.07) is -0.455. The van der Waals surface area contributed by atoms with E-state index in [1.165, 1.54) is 32.1 Å². The zero-order chi connectivity index (χ0) is 14.8. The Morgan fingerprint density at radius 3 is 2.30 bits per heavy atom. The quantitative estimate of drug-likeness (QED) is 0.447. The molecule has 0 aliphatic carbocycles. The molecule has 4 atom stereocenters. The van der Waals surface area contributed by atoms with Crippen molar-refractivity contribution in [1.82, 2.24) is 5.32 Å². The van der Waals surface area contributed by atoms with Gasteiger partial charge in [0.2, 0.25) is 0 Å². The molecule has 0 amide bonds. The highest BCUT2D eigenvalue weighted by Crippen LogP contribution is 2.14. The Morgan fingerprint density at radius 2 is 1.65 bits per heavy atom. The molecule has 4 N–H and O–H groups in total. The maximum absolute atomic E-state index is 9.91. The first-order chi connectivity index (χ1) is 9.70. The third-order valence-corrected chi connectivity index (χ3v) is 4.00. The molecule has 0 radical (unpaired) electrons. The first-order valence-corrected chi connectivity index (χ1v) is 8.02.